The maximum absolute atomic E-state index is 14.1. The van der Waals surface area contributed by atoms with Crippen LogP contribution in [-0.4, -0.2) is 64.8 Å². The molecule has 0 bridgehead atoms. The highest BCUT2D eigenvalue weighted by atomic mass is 35.5. The van der Waals surface area contributed by atoms with Crippen LogP contribution < -0.4 is 10.6 Å². The number of aldehydes is 1. The lowest BCUT2D eigenvalue weighted by atomic mass is 10.00. The van der Waals surface area contributed by atoms with Crippen LogP contribution in [0.25, 0.3) is 11.3 Å². The zero-order valence-corrected chi connectivity index (χ0v) is 26.5. The molecule has 10 nitrogen and oxygen atoms in total. The van der Waals surface area contributed by atoms with Gasteiger partial charge in [-0.15, -0.1) is 0 Å². The predicted molar refractivity (Wildman–Crippen MR) is 166 cm³/mol. The van der Waals surface area contributed by atoms with Crippen molar-refractivity contribution in [2.75, 3.05) is 6.54 Å². The Hall–Kier alpha value is -3.73. The highest BCUT2D eigenvalue weighted by Gasteiger charge is 2.44. The summed E-state index contributed by atoms with van der Waals surface area (Å²) < 4.78 is 11.5. The molecule has 44 heavy (non-hydrogen) atoms. The molecular formula is C32H36Cl2N4O6. The first kappa shape index (κ1) is 33.2. The number of hydrogen-bond acceptors (Lipinski definition) is 7. The van der Waals surface area contributed by atoms with Gasteiger partial charge < -0.3 is 29.6 Å². The molecule has 12 heteroatoms. The van der Waals surface area contributed by atoms with E-state index in [1.54, 1.807) is 45.9 Å². The second-order valence-electron chi connectivity index (χ2n) is 11.1. The van der Waals surface area contributed by atoms with E-state index in [-0.39, 0.29) is 45.9 Å². The topological polar surface area (TPSA) is 131 Å². The van der Waals surface area contributed by atoms with Gasteiger partial charge in [-0.25, -0.2) is 0 Å². The zero-order chi connectivity index (χ0) is 32.0. The standard InChI is InChI=1S/C32H36Cl2N4O6/c1-5-21(16-39)35-30(40)25-14-22(43-17-20-10-7-6-8-11-20)15-38(25)32(42)28(18(2)3)36-31(41)26-19(4)44-37-29(26)27-23(33)12-9-13-24(27)34/h6-13,16,18,21-22,25,28H,5,14-15,17H2,1-4H3,(H,35,40)(H,36,41)/t21-,22+,25-,28-/m0/s1. The largest absolute Gasteiger partial charge is 0.372 e. The van der Waals surface area contributed by atoms with Crippen LogP contribution in [0.3, 0.4) is 0 Å². The summed E-state index contributed by atoms with van der Waals surface area (Å²) in [5.41, 5.74) is 1.53. The van der Waals surface area contributed by atoms with Crippen LogP contribution in [0.1, 0.15) is 55.3 Å². The Labute approximate surface area is 266 Å². The number of nitrogens with zero attached hydrogens (tertiary/aromatic N) is 2. The average Bonchev–Trinajstić information content (AvgIpc) is 3.61. The molecular weight excluding hydrogens is 607 g/mol. The minimum absolute atomic E-state index is 0.0926. The highest BCUT2D eigenvalue weighted by molar-refractivity contribution is 6.39. The number of likely N-dealkylation sites (tertiary alicyclic amines) is 1. The first-order valence-electron chi connectivity index (χ1n) is 14.5. The minimum atomic E-state index is -1.01. The molecule has 3 aromatic rings. The lowest BCUT2D eigenvalue weighted by molar-refractivity contribution is -0.141. The fourth-order valence-corrected chi connectivity index (χ4v) is 5.73. The van der Waals surface area contributed by atoms with Gasteiger partial charge in [0.1, 0.15) is 35.4 Å². The lowest BCUT2D eigenvalue weighted by Crippen LogP contribution is -2.56. The van der Waals surface area contributed by atoms with Crippen molar-refractivity contribution < 1.29 is 28.4 Å². The Balaban J connectivity index is 1.59. The third-order valence-electron chi connectivity index (χ3n) is 7.62. The second kappa shape index (κ2) is 14.8. The molecule has 3 amide bonds. The maximum atomic E-state index is 14.1. The number of amides is 3. The first-order chi connectivity index (χ1) is 21.0. The van der Waals surface area contributed by atoms with E-state index in [0.717, 1.165) is 5.56 Å². The van der Waals surface area contributed by atoms with Gasteiger partial charge >= 0.3 is 0 Å². The summed E-state index contributed by atoms with van der Waals surface area (Å²) in [5, 5.41) is 10.2. The molecule has 1 fully saturated rings. The number of aryl methyl sites for hydroxylation is 1. The van der Waals surface area contributed by atoms with Gasteiger partial charge in [0.05, 0.1) is 28.8 Å². The van der Waals surface area contributed by atoms with Crippen molar-refractivity contribution in [3.63, 3.8) is 0 Å². The van der Waals surface area contributed by atoms with Crippen LogP contribution in [0.4, 0.5) is 0 Å². The average molecular weight is 644 g/mol. The molecule has 1 saturated heterocycles. The number of nitrogens with one attached hydrogen (secondary N) is 2. The monoisotopic (exact) mass is 642 g/mol. The SMILES string of the molecule is CC[C@@H](C=O)NC(=O)[C@@H]1C[C@@H](OCc2ccccc2)CN1C(=O)[C@@H](NC(=O)c1c(-c2c(Cl)cccc2Cl)noc1C)C(C)C. The highest BCUT2D eigenvalue weighted by Crippen LogP contribution is 2.37. The summed E-state index contributed by atoms with van der Waals surface area (Å²) in [6.07, 6.45) is 0.871. The van der Waals surface area contributed by atoms with Crippen molar-refractivity contribution in [1.29, 1.82) is 0 Å². The van der Waals surface area contributed by atoms with Gasteiger partial charge in [-0.1, -0.05) is 85.5 Å². The fourth-order valence-electron chi connectivity index (χ4n) is 5.15. The summed E-state index contributed by atoms with van der Waals surface area (Å²) in [6, 6.07) is 11.9. The predicted octanol–water partition coefficient (Wildman–Crippen LogP) is 4.99. The van der Waals surface area contributed by atoms with Crippen LogP contribution in [0.15, 0.2) is 53.1 Å². The van der Waals surface area contributed by atoms with Gasteiger partial charge in [-0.05, 0) is 37.0 Å². The van der Waals surface area contributed by atoms with E-state index in [1.807, 2.05) is 30.3 Å². The van der Waals surface area contributed by atoms with Crippen LogP contribution >= 0.6 is 23.2 Å². The summed E-state index contributed by atoms with van der Waals surface area (Å²) in [6.45, 7) is 7.39. The lowest BCUT2D eigenvalue weighted by Gasteiger charge is -2.30. The number of carbonyl (C=O) groups excluding carboxylic acids is 4. The summed E-state index contributed by atoms with van der Waals surface area (Å²) in [5.74, 6) is -1.65. The zero-order valence-electron chi connectivity index (χ0n) is 25.0. The van der Waals surface area contributed by atoms with Gasteiger partial charge in [0, 0.05) is 18.5 Å². The van der Waals surface area contributed by atoms with E-state index in [1.165, 1.54) is 4.90 Å². The number of benzene rings is 2. The smallest absolute Gasteiger partial charge is 0.257 e. The van der Waals surface area contributed by atoms with Crippen molar-refractivity contribution in [3.8, 4) is 11.3 Å². The first-order valence-corrected chi connectivity index (χ1v) is 15.2. The van der Waals surface area contributed by atoms with E-state index in [2.05, 4.69) is 15.8 Å². The molecule has 0 saturated carbocycles. The molecule has 4 atom stereocenters. The Morgan fingerprint density at radius 1 is 1.09 bits per heavy atom. The van der Waals surface area contributed by atoms with E-state index in [9.17, 15) is 19.2 Å². The van der Waals surface area contributed by atoms with Crippen LogP contribution in [-0.2, 0) is 25.7 Å². The van der Waals surface area contributed by atoms with E-state index in [0.29, 0.717) is 24.9 Å². The van der Waals surface area contributed by atoms with E-state index >= 15 is 0 Å². The molecule has 0 unspecified atom stereocenters. The molecule has 1 aliphatic heterocycles. The molecule has 4 rings (SSSR count). The van der Waals surface area contributed by atoms with Crippen molar-refractivity contribution in [2.24, 2.45) is 5.92 Å². The maximum Gasteiger partial charge on any atom is 0.257 e. The normalized spacial score (nSPS) is 17.8. The van der Waals surface area contributed by atoms with E-state index in [4.69, 9.17) is 32.5 Å². The van der Waals surface area contributed by atoms with Gasteiger partial charge in [-0.3, -0.25) is 14.4 Å². The van der Waals surface area contributed by atoms with Crippen molar-refractivity contribution in [2.45, 2.75) is 71.4 Å². The molecule has 1 aliphatic rings. The van der Waals surface area contributed by atoms with Crippen LogP contribution in [0.2, 0.25) is 10.0 Å². The van der Waals surface area contributed by atoms with Crippen molar-refractivity contribution >= 4 is 47.2 Å². The summed E-state index contributed by atoms with van der Waals surface area (Å²) >= 11 is 12.8. The molecule has 234 valence electrons. The summed E-state index contributed by atoms with van der Waals surface area (Å²) in [4.78, 5) is 54.1. The molecule has 0 radical (unpaired) electrons. The van der Waals surface area contributed by atoms with Crippen molar-refractivity contribution in [3.05, 3.63) is 75.5 Å². The Morgan fingerprint density at radius 3 is 2.39 bits per heavy atom. The summed E-state index contributed by atoms with van der Waals surface area (Å²) in [7, 11) is 0. The van der Waals surface area contributed by atoms with Gasteiger partial charge in [0.15, 0.2) is 0 Å². The molecule has 2 heterocycles. The fraction of sp³-hybridized carbons (Fsp3) is 0.406. The second-order valence-corrected chi connectivity index (χ2v) is 11.9. The number of aromatic nitrogens is 1. The molecule has 2 N–H and O–H groups in total. The number of rotatable bonds is 12. The van der Waals surface area contributed by atoms with Crippen molar-refractivity contribution in [1.82, 2.24) is 20.7 Å². The molecule has 1 aromatic heterocycles. The number of carbonyl (C=O) groups is 4. The Morgan fingerprint density at radius 2 is 1.77 bits per heavy atom. The minimum Gasteiger partial charge on any atom is -0.372 e. The molecule has 0 spiro atoms. The molecule has 0 aliphatic carbocycles. The Bertz CT molecular complexity index is 1470. The quantitative estimate of drug-likeness (QED) is 0.266. The van der Waals surface area contributed by atoms with Gasteiger partial charge in [0.2, 0.25) is 11.8 Å². The third kappa shape index (κ3) is 7.49. The Kier molecular flexibility index (Phi) is 11.2. The third-order valence-corrected chi connectivity index (χ3v) is 8.25. The van der Waals surface area contributed by atoms with E-state index < -0.39 is 42.0 Å². The van der Waals surface area contributed by atoms with Gasteiger partial charge in [0.25, 0.3) is 5.91 Å². The van der Waals surface area contributed by atoms with Crippen LogP contribution in [0, 0.1) is 12.8 Å². The number of hydrogen-bond donors (Lipinski definition) is 2. The number of halogens is 2. The van der Waals surface area contributed by atoms with Crippen LogP contribution in [0.5, 0.6) is 0 Å². The van der Waals surface area contributed by atoms with Gasteiger partial charge in [-0.2, -0.15) is 0 Å². The number of ether oxygens (including phenoxy) is 1. The molecule has 2 aromatic carbocycles.